The Kier molecular flexibility index (Phi) is 4.72. The van der Waals surface area contributed by atoms with Crippen LogP contribution in [0.5, 0.6) is 0 Å². The fourth-order valence-electron chi connectivity index (χ4n) is 2.08. The highest BCUT2D eigenvalue weighted by molar-refractivity contribution is 5.14. The fourth-order valence-corrected chi connectivity index (χ4v) is 2.08. The Hall–Kier alpha value is -0.860. The molecule has 1 rings (SSSR count). The van der Waals surface area contributed by atoms with E-state index >= 15 is 0 Å². The first kappa shape index (κ1) is 14.2. The molecule has 0 saturated heterocycles. The lowest BCUT2D eigenvalue weighted by Gasteiger charge is -2.31. The maximum absolute atomic E-state index is 9.99. The third-order valence-electron chi connectivity index (χ3n) is 2.92. The van der Waals surface area contributed by atoms with Crippen molar-refractivity contribution in [3.8, 4) is 0 Å². The monoisotopic (exact) mass is 236 g/mol. The van der Waals surface area contributed by atoms with Crippen LogP contribution in [0.3, 0.4) is 0 Å². The van der Waals surface area contributed by atoms with Crippen molar-refractivity contribution in [2.24, 2.45) is 0 Å². The van der Waals surface area contributed by atoms with Gasteiger partial charge in [-0.3, -0.25) is 0 Å². The van der Waals surface area contributed by atoms with Crippen LogP contribution in [0, 0.1) is 0 Å². The van der Waals surface area contributed by atoms with E-state index in [2.05, 4.69) is 39.5 Å². The van der Waals surface area contributed by atoms with E-state index in [1.165, 1.54) is 11.1 Å². The topological polar surface area (TPSA) is 29.5 Å². The Labute approximate surface area is 105 Å². The molecular formula is C15H24O2. The molecule has 3 atom stereocenters. The third kappa shape index (κ3) is 4.88. The maximum atomic E-state index is 9.99. The van der Waals surface area contributed by atoms with Crippen LogP contribution in [-0.2, 0) is 4.74 Å². The lowest BCUT2D eigenvalue weighted by molar-refractivity contribution is -0.0158. The third-order valence-corrected chi connectivity index (χ3v) is 2.92. The zero-order valence-electron chi connectivity index (χ0n) is 11.4. The summed E-state index contributed by atoms with van der Waals surface area (Å²) in [5.74, 6) is 0. The molecule has 1 unspecified atom stereocenters. The summed E-state index contributed by atoms with van der Waals surface area (Å²) in [6.45, 7) is 11.7. The largest absolute Gasteiger partial charge is 0.386 e. The van der Waals surface area contributed by atoms with Gasteiger partial charge in [-0.25, -0.2) is 0 Å². The molecule has 0 saturated carbocycles. The smallest absolute Gasteiger partial charge is 0.0824 e. The second kappa shape index (κ2) is 5.65. The van der Waals surface area contributed by atoms with Crippen molar-refractivity contribution >= 4 is 0 Å². The van der Waals surface area contributed by atoms with Gasteiger partial charge >= 0.3 is 0 Å². The number of hydrogen-bond donors (Lipinski definition) is 1. The summed E-state index contributed by atoms with van der Waals surface area (Å²) in [7, 11) is 0. The molecule has 0 spiro atoms. The minimum absolute atomic E-state index is 0.0302. The molecule has 96 valence electrons. The molecule has 0 amide bonds. The van der Waals surface area contributed by atoms with E-state index in [1.54, 1.807) is 13.0 Å². The molecule has 0 radical (unpaired) electrons. The van der Waals surface area contributed by atoms with Crippen molar-refractivity contribution in [2.75, 3.05) is 0 Å². The summed E-state index contributed by atoms with van der Waals surface area (Å²) in [5.41, 5.74) is 1.72. The van der Waals surface area contributed by atoms with Crippen molar-refractivity contribution in [1.82, 2.24) is 0 Å². The molecule has 0 aromatic heterocycles. The molecule has 1 aliphatic heterocycles. The second-order valence-corrected chi connectivity index (χ2v) is 5.44. The Bertz CT molecular complexity index is 333. The summed E-state index contributed by atoms with van der Waals surface area (Å²) >= 11 is 0. The number of ether oxygens (including phenoxy) is 1. The Balaban J connectivity index is 2.72. The average Bonchev–Trinajstić information content (AvgIpc) is 2.14. The number of aliphatic hydroxyl groups is 1. The predicted molar refractivity (Wildman–Crippen MR) is 71.9 cm³/mol. The van der Waals surface area contributed by atoms with Crippen LogP contribution in [0.2, 0.25) is 0 Å². The van der Waals surface area contributed by atoms with Gasteiger partial charge in [-0.2, -0.15) is 0 Å². The van der Waals surface area contributed by atoms with Gasteiger partial charge in [0.2, 0.25) is 0 Å². The predicted octanol–water partition coefficient (Wildman–Crippen LogP) is 3.38. The number of rotatable bonds is 4. The van der Waals surface area contributed by atoms with Gasteiger partial charge in [0.15, 0.2) is 0 Å². The van der Waals surface area contributed by atoms with Crippen LogP contribution in [0.1, 0.15) is 40.5 Å². The van der Waals surface area contributed by atoms with E-state index in [9.17, 15) is 5.11 Å². The molecule has 0 aromatic carbocycles. The van der Waals surface area contributed by atoms with Crippen molar-refractivity contribution in [3.63, 3.8) is 0 Å². The van der Waals surface area contributed by atoms with Gasteiger partial charge in [0.25, 0.3) is 0 Å². The molecule has 0 fully saturated rings. The fraction of sp³-hybridized carbons (Fsp3) is 0.600. The van der Waals surface area contributed by atoms with Gasteiger partial charge in [-0.15, -0.1) is 6.58 Å². The Morgan fingerprint density at radius 3 is 2.82 bits per heavy atom. The van der Waals surface area contributed by atoms with E-state index in [1.807, 2.05) is 0 Å². The SMILES string of the molecule is C=CC(C)(O)C[C@@H]1C=C(C)C[C@@H](C=C(C)C)O1. The summed E-state index contributed by atoms with van der Waals surface area (Å²) in [6.07, 6.45) is 7.43. The molecule has 0 aromatic rings. The van der Waals surface area contributed by atoms with Gasteiger partial charge in [-0.1, -0.05) is 29.4 Å². The highest BCUT2D eigenvalue weighted by Gasteiger charge is 2.26. The molecule has 17 heavy (non-hydrogen) atoms. The standard InChI is InChI=1S/C15H24O2/c1-6-15(5,16)10-14-9-12(4)8-13(17-14)7-11(2)3/h6-7,9,13-14,16H,1,8,10H2,2-5H3/t13-,14+,15?/m1/s1. The lowest BCUT2D eigenvalue weighted by atomic mass is 9.94. The molecule has 1 N–H and O–H groups in total. The van der Waals surface area contributed by atoms with Gasteiger partial charge in [-0.05, 0) is 34.1 Å². The number of hydrogen-bond acceptors (Lipinski definition) is 2. The van der Waals surface area contributed by atoms with Crippen LogP contribution < -0.4 is 0 Å². The quantitative estimate of drug-likeness (QED) is 0.758. The molecule has 1 aliphatic rings. The van der Waals surface area contributed by atoms with Crippen LogP contribution in [0.15, 0.2) is 36.0 Å². The molecule has 2 nitrogen and oxygen atoms in total. The van der Waals surface area contributed by atoms with Crippen LogP contribution in [-0.4, -0.2) is 22.9 Å². The van der Waals surface area contributed by atoms with E-state index in [0.717, 1.165) is 6.42 Å². The van der Waals surface area contributed by atoms with Crippen molar-refractivity contribution < 1.29 is 9.84 Å². The number of allylic oxidation sites excluding steroid dienone is 1. The van der Waals surface area contributed by atoms with E-state index in [0.29, 0.717) is 6.42 Å². The first-order valence-corrected chi connectivity index (χ1v) is 6.16. The molecule has 0 aliphatic carbocycles. The maximum Gasteiger partial charge on any atom is 0.0824 e. The minimum Gasteiger partial charge on any atom is -0.386 e. The lowest BCUT2D eigenvalue weighted by Crippen LogP contribution is -2.32. The average molecular weight is 236 g/mol. The first-order valence-electron chi connectivity index (χ1n) is 6.16. The molecular weight excluding hydrogens is 212 g/mol. The van der Waals surface area contributed by atoms with Crippen molar-refractivity contribution in [3.05, 3.63) is 36.0 Å². The second-order valence-electron chi connectivity index (χ2n) is 5.44. The minimum atomic E-state index is -0.867. The van der Waals surface area contributed by atoms with Crippen LogP contribution in [0.4, 0.5) is 0 Å². The Morgan fingerprint density at radius 2 is 2.29 bits per heavy atom. The molecule has 2 heteroatoms. The van der Waals surface area contributed by atoms with Crippen LogP contribution >= 0.6 is 0 Å². The summed E-state index contributed by atoms with van der Waals surface area (Å²) < 4.78 is 5.94. The zero-order chi connectivity index (χ0) is 13.1. The molecule has 1 heterocycles. The van der Waals surface area contributed by atoms with Crippen molar-refractivity contribution in [2.45, 2.75) is 58.3 Å². The van der Waals surface area contributed by atoms with Gasteiger partial charge in [0.05, 0.1) is 17.8 Å². The Morgan fingerprint density at radius 1 is 1.65 bits per heavy atom. The van der Waals surface area contributed by atoms with E-state index in [4.69, 9.17) is 4.74 Å². The first-order chi connectivity index (χ1) is 7.82. The highest BCUT2D eigenvalue weighted by Crippen LogP contribution is 2.26. The normalized spacial score (nSPS) is 27.9. The highest BCUT2D eigenvalue weighted by atomic mass is 16.5. The molecule has 0 bridgehead atoms. The van der Waals surface area contributed by atoms with E-state index in [-0.39, 0.29) is 12.2 Å². The van der Waals surface area contributed by atoms with Crippen LogP contribution in [0.25, 0.3) is 0 Å². The van der Waals surface area contributed by atoms with Crippen molar-refractivity contribution in [1.29, 1.82) is 0 Å². The van der Waals surface area contributed by atoms with Gasteiger partial charge in [0.1, 0.15) is 0 Å². The van der Waals surface area contributed by atoms with Gasteiger partial charge in [0, 0.05) is 6.42 Å². The summed E-state index contributed by atoms with van der Waals surface area (Å²) in [6, 6.07) is 0. The summed E-state index contributed by atoms with van der Waals surface area (Å²) in [5, 5.41) is 9.99. The van der Waals surface area contributed by atoms with E-state index < -0.39 is 5.60 Å². The van der Waals surface area contributed by atoms with Gasteiger partial charge < -0.3 is 9.84 Å². The zero-order valence-corrected chi connectivity index (χ0v) is 11.4. The summed E-state index contributed by atoms with van der Waals surface area (Å²) in [4.78, 5) is 0.